The van der Waals surface area contributed by atoms with Crippen molar-refractivity contribution in [1.82, 2.24) is 10.2 Å². The Kier molecular flexibility index (Phi) is 3.36. The molecule has 20 heavy (non-hydrogen) atoms. The first-order valence-corrected chi connectivity index (χ1v) is 7.54. The number of rotatable bonds is 4. The lowest BCUT2D eigenvalue weighted by Gasteiger charge is -2.29. The van der Waals surface area contributed by atoms with E-state index in [4.69, 9.17) is 0 Å². The van der Waals surface area contributed by atoms with Gasteiger partial charge in [0.1, 0.15) is 5.56 Å². The summed E-state index contributed by atoms with van der Waals surface area (Å²) in [6.07, 6.45) is 5.02. The first-order valence-electron chi connectivity index (χ1n) is 7.54. The number of nitrogens with zero attached hydrogens (tertiary/aromatic N) is 3. The molecule has 1 aromatic heterocycles. The van der Waals surface area contributed by atoms with Crippen molar-refractivity contribution in [3.8, 4) is 0 Å². The van der Waals surface area contributed by atoms with E-state index in [-0.39, 0.29) is 0 Å². The van der Waals surface area contributed by atoms with Crippen LogP contribution in [0.15, 0.2) is 0 Å². The maximum absolute atomic E-state index is 11.7. The Labute approximate surface area is 119 Å². The largest absolute Gasteiger partial charge is 0.478 e. The first-order chi connectivity index (χ1) is 9.65. The molecule has 3 rings (SSSR count). The third-order valence-electron chi connectivity index (χ3n) is 4.72. The quantitative estimate of drug-likeness (QED) is 0.913. The van der Waals surface area contributed by atoms with E-state index in [0.717, 1.165) is 30.6 Å². The van der Waals surface area contributed by atoms with Crippen molar-refractivity contribution in [3.05, 3.63) is 16.8 Å². The first kappa shape index (κ1) is 13.3. The summed E-state index contributed by atoms with van der Waals surface area (Å²) in [6, 6.07) is 0.463. The molecule has 0 amide bonds. The summed E-state index contributed by atoms with van der Waals surface area (Å²) in [6.45, 7) is 4.92. The number of carbonyl (C=O) groups is 1. The zero-order valence-electron chi connectivity index (χ0n) is 12.1. The predicted molar refractivity (Wildman–Crippen MR) is 76.2 cm³/mol. The molecule has 1 saturated heterocycles. The van der Waals surface area contributed by atoms with Gasteiger partial charge in [0, 0.05) is 12.6 Å². The van der Waals surface area contributed by atoms with Crippen molar-refractivity contribution in [2.24, 2.45) is 5.92 Å². The van der Waals surface area contributed by atoms with Crippen LogP contribution in [-0.4, -0.2) is 33.9 Å². The Balaban J connectivity index is 2.08. The van der Waals surface area contributed by atoms with Crippen molar-refractivity contribution >= 4 is 11.8 Å². The number of hydrogen-bond donors (Lipinski definition) is 1. The molecule has 2 fully saturated rings. The fourth-order valence-corrected chi connectivity index (χ4v) is 3.77. The smallest absolute Gasteiger partial charge is 0.339 e. The van der Waals surface area contributed by atoms with E-state index >= 15 is 0 Å². The van der Waals surface area contributed by atoms with E-state index in [1.54, 1.807) is 0 Å². The van der Waals surface area contributed by atoms with E-state index in [2.05, 4.69) is 15.1 Å². The second kappa shape index (κ2) is 5.04. The molecule has 108 valence electrons. The van der Waals surface area contributed by atoms with Crippen molar-refractivity contribution in [3.63, 3.8) is 0 Å². The molecule has 1 N–H and O–H groups in total. The number of piperidine rings is 1. The fourth-order valence-electron chi connectivity index (χ4n) is 3.77. The third-order valence-corrected chi connectivity index (χ3v) is 4.72. The average Bonchev–Trinajstić information content (AvgIpc) is 3.07. The molecule has 1 aliphatic heterocycles. The van der Waals surface area contributed by atoms with Gasteiger partial charge in [-0.15, -0.1) is 5.10 Å². The molecule has 1 saturated carbocycles. The van der Waals surface area contributed by atoms with Crippen LogP contribution in [0, 0.1) is 5.92 Å². The standard InChI is InChI=1S/C15H21N3O2/c1-3-11-12(4-2)16-17-14(13(11)15(19)20)18-8-9-5-6-10(18)7-9/h9-10H,3-8H2,1-2H3,(H,19,20). The zero-order valence-corrected chi connectivity index (χ0v) is 12.1. The number of anilines is 1. The minimum Gasteiger partial charge on any atom is -0.478 e. The van der Waals surface area contributed by atoms with Crippen LogP contribution in [0.25, 0.3) is 0 Å². The molecule has 0 aromatic carbocycles. The van der Waals surface area contributed by atoms with Gasteiger partial charge in [-0.2, -0.15) is 5.10 Å². The minimum absolute atomic E-state index is 0.381. The summed E-state index contributed by atoms with van der Waals surface area (Å²) in [5.41, 5.74) is 2.05. The number of hydrogen-bond acceptors (Lipinski definition) is 4. The van der Waals surface area contributed by atoms with Gasteiger partial charge in [-0.05, 0) is 43.6 Å². The molecule has 2 atom stereocenters. The van der Waals surface area contributed by atoms with Gasteiger partial charge in [0.05, 0.1) is 5.69 Å². The predicted octanol–water partition coefficient (Wildman–Crippen LogP) is 2.29. The number of aromatic nitrogens is 2. The summed E-state index contributed by atoms with van der Waals surface area (Å²) in [4.78, 5) is 13.9. The Hall–Kier alpha value is -1.65. The lowest BCUT2D eigenvalue weighted by atomic mass is 10.0. The highest BCUT2D eigenvalue weighted by Gasteiger charge is 2.40. The van der Waals surface area contributed by atoms with E-state index in [1.165, 1.54) is 12.8 Å². The summed E-state index contributed by atoms with van der Waals surface area (Å²) in [5, 5.41) is 18.2. The zero-order chi connectivity index (χ0) is 14.3. The Morgan fingerprint density at radius 2 is 2.10 bits per heavy atom. The van der Waals surface area contributed by atoms with Crippen LogP contribution in [0.4, 0.5) is 5.82 Å². The molecule has 2 heterocycles. The van der Waals surface area contributed by atoms with Crippen LogP contribution in [0.1, 0.15) is 54.7 Å². The van der Waals surface area contributed by atoms with Crippen molar-refractivity contribution in [1.29, 1.82) is 0 Å². The molecule has 2 aliphatic rings. The van der Waals surface area contributed by atoms with Crippen LogP contribution in [0.5, 0.6) is 0 Å². The maximum Gasteiger partial charge on any atom is 0.339 e. The summed E-state index contributed by atoms with van der Waals surface area (Å²) in [7, 11) is 0. The number of fused-ring (bicyclic) bond motifs is 2. The number of aryl methyl sites for hydroxylation is 1. The van der Waals surface area contributed by atoms with Crippen LogP contribution < -0.4 is 4.90 Å². The van der Waals surface area contributed by atoms with E-state index < -0.39 is 5.97 Å². The monoisotopic (exact) mass is 275 g/mol. The van der Waals surface area contributed by atoms with Gasteiger partial charge in [-0.25, -0.2) is 4.79 Å². The summed E-state index contributed by atoms with van der Waals surface area (Å²) < 4.78 is 0. The second-order valence-electron chi connectivity index (χ2n) is 5.82. The Bertz CT molecular complexity index is 544. The van der Waals surface area contributed by atoms with Crippen molar-refractivity contribution in [2.45, 2.75) is 52.0 Å². The number of carboxylic acids is 1. The number of aromatic carboxylic acids is 1. The Morgan fingerprint density at radius 3 is 2.60 bits per heavy atom. The highest BCUT2D eigenvalue weighted by Crippen LogP contribution is 2.41. The lowest BCUT2D eigenvalue weighted by molar-refractivity contribution is 0.0695. The van der Waals surface area contributed by atoms with Gasteiger partial charge >= 0.3 is 5.97 Å². The lowest BCUT2D eigenvalue weighted by Crippen LogP contribution is -2.34. The normalized spacial score (nSPS) is 24.4. The van der Waals surface area contributed by atoms with Gasteiger partial charge in [0.15, 0.2) is 5.82 Å². The van der Waals surface area contributed by atoms with E-state index in [0.29, 0.717) is 29.8 Å². The van der Waals surface area contributed by atoms with Crippen LogP contribution >= 0.6 is 0 Å². The van der Waals surface area contributed by atoms with Crippen LogP contribution in [-0.2, 0) is 12.8 Å². The SMILES string of the molecule is CCc1nnc(N2CC3CCC2C3)c(C(=O)O)c1CC. The highest BCUT2D eigenvalue weighted by atomic mass is 16.4. The van der Waals surface area contributed by atoms with Gasteiger partial charge in [-0.3, -0.25) is 0 Å². The van der Waals surface area contributed by atoms with Crippen LogP contribution in [0.2, 0.25) is 0 Å². The molecule has 2 unspecified atom stereocenters. The molecule has 5 nitrogen and oxygen atoms in total. The third kappa shape index (κ3) is 1.96. The summed E-state index contributed by atoms with van der Waals surface area (Å²) >= 11 is 0. The molecule has 5 heteroatoms. The molecule has 2 bridgehead atoms. The minimum atomic E-state index is -0.871. The molecule has 1 aliphatic carbocycles. The maximum atomic E-state index is 11.7. The van der Waals surface area contributed by atoms with Crippen LogP contribution in [0.3, 0.4) is 0 Å². The number of carboxylic acid groups (broad SMARTS) is 1. The van der Waals surface area contributed by atoms with Gasteiger partial charge in [0.25, 0.3) is 0 Å². The molecular weight excluding hydrogens is 254 g/mol. The Morgan fingerprint density at radius 1 is 1.30 bits per heavy atom. The van der Waals surface area contributed by atoms with Gasteiger partial charge in [0.2, 0.25) is 0 Å². The van der Waals surface area contributed by atoms with Gasteiger partial charge < -0.3 is 10.0 Å². The van der Waals surface area contributed by atoms with Gasteiger partial charge in [-0.1, -0.05) is 13.8 Å². The average molecular weight is 275 g/mol. The topological polar surface area (TPSA) is 66.3 Å². The second-order valence-corrected chi connectivity index (χ2v) is 5.82. The van der Waals surface area contributed by atoms with E-state index in [9.17, 15) is 9.90 Å². The van der Waals surface area contributed by atoms with E-state index in [1.807, 2.05) is 13.8 Å². The molecule has 0 spiro atoms. The highest BCUT2D eigenvalue weighted by molar-refractivity contribution is 5.95. The fraction of sp³-hybridized carbons (Fsp3) is 0.667. The summed E-state index contributed by atoms with van der Waals surface area (Å²) in [5.74, 6) is 0.433. The van der Waals surface area contributed by atoms with Crippen molar-refractivity contribution < 1.29 is 9.90 Å². The molecular formula is C15H21N3O2. The van der Waals surface area contributed by atoms with Crippen molar-refractivity contribution in [2.75, 3.05) is 11.4 Å². The molecule has 0 radical (unpaired) electrons. The molecule has 1 aromatic rings.